The molecule has 2 rings (SSSR count). The quantitative estimate of drug-likeness (QED) is 0.839. The summed E-state index contributed by atoms with van der Waals surface area (Å²) in [4.78, 5) is 0. The van der Waals surface area contributed by atoms with Gasteiger partial charge in [-0.25, -0.2) is 0 Å². The Balaban J connectivity index is 2.25. The van der Waals surface area contributed by atoms with E-state index in [0.29, 0.717) is 16.0 Å². The number of aliphatic hydroxyl groups is 1. The molecule has 0 amide bonds. The van der Waals surface area contributed by atoms with E-state index < -0.39 is 0 Å². The number of aliphatic hydroxyl groups excluding tert-OH is 1. The first-order valence-electron chi connectivity index (χ1n) is 5.01. The highest BCUT2D eigenvalue weighted by molar-refractivity contribution is 6.42. The van der Waals surface area contributed by atoms with E-state index in [1.54, 1.807) is 0 Å². The molecule has 82 valence electrons. The van der Waals surface area contributed by atoms with Gasteiger partial charge in [0.1, 0.15) is 0 Å². The summed E-state index contributed by atoms with van der Waals surface area (Å²) in [6, 6.07) is 5.83. The molecule has 1 aromatic rings. The smallest absolute Gasteiger partial charge is 0.0595 e. The molecule has 1 aliphatic heterocycles. The number of nitrogens with one attached hydrogen (secondary N) is 1. The van der Waals surface area contributed by atoms with E-state index in [1.807, 2.05) is 18.2 Å². The van der Waals surface area contributed by atoms with Crippen LogP contribution in [0.4, 0.5) is 0 Å². The van der Waals surface area contributed by atoms with Gasteiger partial charge in [0.05, 0.1) is 16.7 Å². The van der Waals surface area contributed by atoms with Gasteiger partial charge in [0.15, 0.2) is 0 Å². The Hall–Kier alpha value is -0.280. The van der Waals surface area contributed by atoms with Crippen molar-refractivity contribution in [2.24, 2.45) is 0 Å². The van der Waals surface area contributed by atoms with E-state index in [2.05, 4.69) is 5.32 Å². The van der Waals surface area contributed by atoms with Crippen LogP contribution in [0.3, 0.4) is 0 Å². The molecule has 0 saturated carbocycles. The second kappa shape index (κ2) is 4.71. The second-order valence-electron chi connectivity index (χ2n) is 3.81. The van der Waals surface area contributed by atoms with Crippen LogP contribution >= 0.6 is 23.2 Å². The van der Waals surface area contributed by atoms with Crippen molar-refractivity contribution in [2.45, 2.75) is 18.4 Å². The van der Waals surface area contributed by atoms with Crippen LogP contribution < -0.4 is 5.32 Å². The Morgan fingerprint density at radius 2 is 2.13 bits per heavy atom. The van der Waals surface area contributed by atoms with Crippen molar-refractivity contribution < 1.29 is 5.11 Å². The molecule has 1 fully saturated rings. The van der Waals surface area contributed by atoms with Crippen molar-refractivity contribution in [3.63, 3.8) is 0 Å². The normalized spacial score (nSPS) is 25.8. The summed E-state index contributed by atoms with van der Waals surface area (Å²) >= 11 is 11.8. The maximum Gasteiger partial charge on any atom is 0.0595 e. The first-order chi connectivity index (χ1) is 7.22. The lowest BCUT2D eigenvalue weighted by Crippen LogP contribution is -2.29. The predicted octanol–water partition coefficient (Wildman–Crippen LogP) is 2.43. The van der Waals surface area contributed by atoms with Crippen LogP contribution in [0.25, 0.3) is 0 Å². The first kappa shape index (κ1) is 11.2. The first-order valence-corrected chi connectivity index (χ1v) is 5.77. The average molecular weight is 246 g/mol. The minimum absolute atomic E-state index is 0.141. The van der Waals surface area contributed by atoms with E-state index in [4.69, 9.17) is 23.2 Å². The molecule has 15 heavy (non-hydrogen) atoms. The summed E-state index contributed by atoms with van der Waals surface area (Å²) in [5, 5.41) is 13.6. The lowest BCUT2D eigenvalue weighted by atomic mass is 9.92. The fourth-order valence-electron chi connectivity index (χ4n) is 2.10. The van der Waals surface area contributed by atoms with Gasteiger partial charge in [-0.2, -0.15) is 0 Å². The van der Waals surface area contributed by atoms with Crippen LogP contribution in [0.5, 0.6) is 0 Å². The van der Waals surface area contributed by atoms with Gasteiger partial charge in [0.2, 0.25) is 0 Å². The molecular weight excluding hydrogens is 233 g/mol. The molecule has 2 N–H and O–H groups in total. The van der Waals surface area contributed by atoms with Crippen molar-refractivity contribution >= 4 is 23.2 Å². The zero-order valence-electron chi connectivity index (χ0n) is 8.21. The predicted molar refractivity (Wildman–Crippen MR) is 62.7 cm³/mol. The maximum absolute atomic E-state index is 9.20. The highest BCUT2D eigenvalue weighted by atomic mass is 35.5. The van der Waals surface area contributed by atoms with Crippen LogP contribution in [-0.4, -0.2) is 24.3 Å². The largest absolute Gasteiger partial charge is 0.395 e. The molecule has 4 heteroatoms. The minimum Gasteiger partial charge on any atom is -0.395 e. The number of hydrogen-bond donors (Lipinski definition) is 2. The van der Waals surface area contributed by atoms with Gasteiger partial charge in [-0.3, -0.25) is 0 Å². The standard InChI is InChI=1S/C11H13Cl2NO/c12-9-2-1-7(5-10(9)13)8-3-4-14-11(8)6-15/h1-2,5,8,11,14-15H,3-4,6H2/t8-,11?/m1/s1. The highest BCUT2D eigenvalue weighted by Crippen LogP contribution is 2.31. The zero-order chi connectivity index (χ0) is 10.8. The summed E-state index contributed by atoms with van der Waals surface area (Å²) in [6.45, 7) is 1.10. The number of halogens is 2. The Bertz CT molecular complexity index is 356. The lowest BCUT2D eigenvalue weighted by molar-refractivity contribution is 0.245. The van der Waals surface area contributed by atoms with Gasteiger partial charge in [0, 0.05) is 12.0 Å². The third-order valence-electron chi connectivity index (χ3n) is 2.92. The SMILES string of the molecule is OCC1NCC[C@@H]1c1ccc(Cl)c(Cl)c1. The minimum atomic E-state index is 0.141. The Labute approximate surface area is 99.2 Å². The average Bonchev–Trinajstić information content (AvgIpc) is 2.70. The molecule has 1 aromatic carbocycles. The van der Waals surface area contributed by atoms with E-state index in [-0.39, 0.29) is 12.6 Å². The molecule has 1 heterocycles. The fourth-order valence-corrected chi connectivity index (χ4v) is 2.41. The van der Waals surface area contributed by atoms with E-state index in [1.165, 1.54) is 0 Å². The maximum atomic E-state index is 9.20. The van der Waals surface area contributed by atoms with Crippen LogP contribution in [0.15, 0.2) is 18.2 Å². The van der Waals surface area contributed by atoms with Gasteiger partial charge >= 0.3 is 0 Å². The summed E-state index contributed by atoms with van der Waals surface area (Å²) in [7, 11) is 0. The third-order valence-corrected chi connectivity index (χ3v) is 3.66. The summed E-state index contributed by atoms with van der Waals surface area (Å²) in [5.41, 5.74) is 1.15. The van der Waals surface area contributed by atoms with Gasteiger partial charge in [-0.05, 0) is 30.7 Å². The van der Waals surface area contributed by atoms with E-state index in [0.717, 1.165) is 18.5 Å². The van der Waals surface area contributed by atoms with Gasteiger partial charge < -0.3 is 10.4 Å². The van der Waals surface area contributed by atoms with Gasteiger partial charge in [-0.15, -0.1) is 0 Å². The van der Waals surface area contributed by atoms with Gasteiger partial charge in [-0.1, -0.05) is 29.3 Å². The van der Waals surface area contributed by atoms with Crippen molar-refractivity contribution in [3.05, 3.63) is 33.8 Å². The van der Waals surface area contributed by atoms with Crippen molar-refractivity contribution in [3.8, 4) is 0 Å². The Morgan fingerprint density at radius 1 is 1.33 bits per heavy atom. The third kappa shape index (κ3) is 2.28. The molecule has 1 aliphatic rings. The van der Waals surface area contributed by atoms with Crippen LogP contribution in [0, 0.1) is 0 Å². The Kier molecular flexibility index (Phi) is 3.52. The molecule has 1 saturated heterocycles. The van der Waals surface area contributed by atoms with E-state index in [9.17, 15) is 5.11 Å². The monoisotopic (exact) mass is 245 g/mol. The molecule has 0 spiro atoms. The number of benzene rings is 1. The number of hydrogen-bond acceptors (Lipinski definition) is 2. The fraction of sp³-hybridized carbons (Fsp3) is 0.455. The molecule has 0 aliphatic carbocycles. The van der Waals surface area contributed by atoms with E-state index >= 15 is 0 Å². The molecular formula is C11H13Cl2NO. The molecule has 1 unspecified atom stereocenters. The number of rotatable bonds is 2. The zero-order valence-corrected chi connectivity index (χ0v) is 9.72. The molecule has 0 aromatic heterocycles. The lowest BCUT2D eigenvalue weighted by Gasteiger charge is -2.17. The van der Waals surface area contributed by atoms with Gasteiger partial charge in [0.25, 0.3) is 0 Å². The Morgan fingerprint density at radius 3 is 2.80 bits per heavy atom. The summed E-state index contributed by atoms with van der Waals surface area (Å²) in [6.07, 6.45) is 1.03. The second-order valence-corrected chi connectivity index (χ2v) is 4.63. The molecule has 2 nitrogen and oxygen atoms in total. The van der Waals surface area contributed by atoms with Crippen molar-refractivity contribution in [1.29, 1.82) is 0 Å². The van der Waals surface area contributed by atoms with Crippen LogP contribution in [0.2, 0.25) is 10.0 Å². The van der Waals surface area contributed by atoms with Crippen LogP contribution in [-0.2, 0) is 0 Å². The highest BCUT2D eigenvalue weighted by Gasteiger charge is 2.27. The topological polar surface area (TPSA) is 32.3 Å². The molecule has 0 bridgehead atoms. The molecule has 2 atom stereocenters. The summed E-state index contributed by atoms with van der Waals surface area (Å²) in [5.74, 6) is 0.338. The van der Waals surface area contributed by atoms with Crippen LogP contribution in [0.1, 0.15) is 17.9 Å². The summed E-state index contributed by atoms with van der Waals surface area (Å²) < 4.78 is 0. The van der Waals surface area contributed by atoms with Crippen molar-refractivity contribution in [2.75, 3.05) is 13.2 Å². The molecule has 0 radical (unpaired) electrons. The van der Waals surface area contributed by atoms with Crippen molar-refractivity contribution in [1.82, 2.24) is 5.32 Å².